The van der Waals surface area contributed by atoms with Gasteiger partial charge >= 0.3 is 0 Å². The Morgan fingerprint density at radius 2 is 2.38 bits per heavy atom. The number of fused-ring (bicyclic) bond motifs is 1. The van der Waals surface area contributed by atoms with Gasteiger partial charge in [0, 0.05) is 12.4 Å². The maximum atomic E-state index is 4.38. The Morgan fingerprint density at radius 1 is 1.50 bits per heavy atom. The summed E-state index contributed by atoms with van der Waals surface area (Å²) in [6.45, 7) is 0. The summed E-state index contributed by atoms with van der Waals surface area (Å²) in [6.07, 6.45) is 6.43. The molecule has 2 heterocycles. The molecule has 3 rings (SSSR count). The van der Waals surface area contributed by atoms with Crippen LogP contribution in [0.15, 0.2) is 16.9 Å². The molecule has 0 atom stereocenters. The largest absolute Gasteiger partial charge is 0.252 e. The van der Waals surface area contributed by atoms with E-state index in [9.17, 15) is 0 Å². The van der Waals surface area contributed by atoms with Crippen molar-refractivity contribution in [1.82, 2.24) is 19.6 Å². The van der Waals surface area contributed by atoms with Crippen LogP contribution in [-0.2, 0) is 5.75 Å². The van der Waals surface area contributed by atoms with E-state index in [4.69, 9.17) is 0 Å². The van der Waals surface area contributed by atoms with Crippen LogP contribution in [0.2, 0.25) is 0 Å². The zero-order valence-electron chi connectivity index (χ0n) is 8.64. The van der Waals surface area contributed by atoms with Gasteiger partial charge in [-0.1, -0.05) is 0 Å². The molecule has 16 heavy (non-hydrogen) atoms. The fraction of sp³-hybridized carbons (Fsp3) is 0.500. The summed E-state index contributed by atoms with van der Waals surface area (Å²) in [4.78, 5) is 8.56. The predicted molar refractivity (Wildman–Crippen MR) is 67.4 cm³/mol. The number of thioether (sulfide) groups is 1. The molecule has 0 aliphatic heterocycles. The van der Waals surface area contributed by atoms with Crippen molar-refractivity contribution < 1.29 is 0 Å². The van der Waals surface area contributed by atoms with Crippen molar-refractivity contribution in [3.63, 3.8) is 0 Å². The second-order valence-corrected chi connectivity index (χ2v) is 5.95. The molecule has 0 N–H and O–H groups in total. The van der Waals surface area contributed by atoms with Crippen LogP contribution in [-0.4, -0.2) is 25.3 Å². The van der Waals surface area contributed by atoms with Crippen LogP contribution in [0.4, 0.5) is 0 Å². The van der Waals surface area contributed by atoms with Crippen LogP contribution in [0.25, 0.3) is 5.78 Å². The molecule has 2 aromatic rings. The highest BCUT2D eigenvalue weighted by molar-refractivity contribution is 9.10. The molecule has 6 heteroatoms. The molecule has 0 bridgehead atoms. The Labute approximate surface area is 106 Å². The SMILES string of the molecule is Brc1cnc2nc(CSCC3CC3)nn2c1. The molecule has 0 radical (unpaired) electrons. The smallest absolute Gasteiger partial charge is 0.218 e. The van der Waals surface area contributed by atoms with Crippen LogP contribution in [0.1, 0.15) is 18.7 Å². The predicted octanol–water partition coefficient (Wildman–Crippen LogP) is 2.53. The van der Waals surface area contributed by atoms with Crippen molar-refractivity contribution in [1.29, 1.82) is 0 Å². The molecule has 0 spiro atoms. The van der Waals surface area contributed by atoms with Crippen molar-refractivity contribution in [2.75, 3.05) is 5.75 Å². The zero-order chi connectivity index (χ0) is 11.0. The number of nitrogens with zero attached hydrogens (tertiary/aromatic N) is 4. The third kappa shape index (κ3) is 2.38. The quantitative estimate of drug-likeness (QED) is 0.870. The fourth-order valence-electron chi connectivity index (χ4n) is 1.46. The van der Waals surface area contributed by atoms with E-state index in [1.807, 2.05) is 18.0 Å². The van der Waals surface area contributed by atoms with Crippen LogP contribution >= 0.6 is 27.7 Å². The van der Waals surface area contributed by atoms with Crippen LogP contribution in [0.5, 0.6) is 0 Å². The van der Waals surface area contributed by atoms with E-state index >= 15 is 0 Å². The Hall–Kier alpha value is -0.620. The van der Waals surface area contributed by atoms with E-state index in [1.165, 1.54) is 18.6 Å². The van der Waals surface area contributed by atoms with Gasteiger partial charge in [-0.2, -0.15) is 16.7 Å². The molecular formula is C10H11BrN4S. The van der Waals surface area contributed by atoms with Gasteiger partial charge in [0.25, 0.3) is 5.78 Å². The molecule has 1 fully saturated rings. The molecule has 84 valence electrons. The minimum atomic E-state index is 0.672. The number of hydrogen-bond acceptors (Lipinski definition) is 4. The summed E-state index contributed by atoms with van der Waals surface area (Å²) in [5, 5.41) is 4.38. The zero-order valence-corrected chi connectivity index (χ0v) is 11.0. The number of hydrogen-bond donors (Lipinski definition) is 0. The Kier molecular flexibility index (Phi) is 2.85. The van der Waals surface area contributed by atoms with Gasteiger partial charge < -0.3 is 0 Å². The third-order valence-corrected chi connectivity index (χ3v) is 4.07. The van der Waals surface area contributed by atoms with Gasteiger partial charge in [0.2, 0.25) is 0 Å². The third-order valence-electron chi connectivity index (χ3n) is 2.49. The average Bonchev–Trinajstić information content (AvgIpc) is 2.98. The van der Waals surface area contributed by atoms with Crippen LogP contribution in [0.3, 0.4) is 0 Å². The highest BCUT2D eigenvalue weighted by Crippen LogP contribution is 2.33. The summed E-state index contributed by atoms with van der Waals surface area (Å²) in [6, 6.07) is 0. The molecule has 1 saturated carbocycles. The summed E-state index contributed by atoms with van der Waals surface area (Å²) in [5.41, 5.74) is 0. The van der Waals surface area contributed by atoms with E-state index in [0.29, 0.717) is 5.78 Å². The van der Waals surface area contributed by atoms with E-state index in [1.54, 1.807) is 10.7 Å². The lowest BCUT2D eigenvalue weighted by Gasteiger charge is -1.93. The van der Waals surface area contributed by atoms with Crippen molar-refractivity contribution in [3.05, 3.63) is 22.7 Å². The van der Waals surface area contributed by atoms with Gasteiger partial charge in [0.15, 0.2) is 5.82 Å². The highest BCUT2D eigenvalue weighted by Gasteiger charge is 2.21. The van der Waals surface area contributed by atoms with Gasteiger partial charge in [-0.3, -0.25) is 0 Å². The lowest BCUT2D eigenvalue weighted by Crippen LogP contribution is -1.90. The van der Waals surface area contributed by atoms with Gasteiger partial charge in [0.05, 0.1) is 10.2 Å². The number of aromatic nitrogens is 4. The Bertz CT molecular complexity index is 508. The minimum absolute atomic E-state index is 0.672. The van der Waals surface area contributed by atoms with E-state index in [-0.39, 0.29) is 0 Å². The first-order valence-corrected chi connectivity index (χ1v) is 7.20. The normalized spacial score (nSPS) is 15.8. The van der Waals surface area contributed by atoms with Gasteiger partial charge in [-0.15, -0.1) is 5.10 Å². The first-order chi connectivity index (χ1) is 7.81. The van der Waals surface area contributed by atoms with Crippen LogP contribution < -0.4 is 0 Å². The maximum Gasteiger partial charge on any atom is 0.252 e. The van der Waals surface area contributed by atoms with Crippen LogP contribution in [0, 0.1) is 5.92 Å². The Balaban J connectivity index is 1.71. The van der Waals surface area contributed by atoms with E-state index in [0.717, 1.165) is 22.0 Å². The highest BCUT2D eigenvalue weighted by atomic mass is 79.9. The molecule has 0 unspecified atom stereocenters. The van der Waals surface area contributed by atoms with Crippen molar-refractivity contribution in [2.24, 2.45) is 5.92 Å². The molecule has 0 saturated heterocycles. The maximum absolute atomic E-state index is 4.38. The van der Waals surface area contributed by atoms with Crippen molar-refractivity contribution in [3.8, 4) is 0 Å². The fourth-order valence-corrected chi connectivity index (χ4v) is 2.85. The number of halogens is 1. The van der Waals surface area contributed by atoms with Gasteiger partial charge in [0.1, 0.15) is 0 Å². The summed E-state index contributed by atoms with van der Waals surface area (Å²) < 4.78 is 2.64. The first kappa shape index (κ1) is 10.5. The molecule has 0 amide bonds. The average molecular weight is 299 g/mol. The molecular weight excluding hydrogens is 288 g/mol. The second-order valence-electron chi connectivity index (χ2n) is 4.00. The number of rotatable bonds is 4. The molecule has 1 aliphatic rings. The van der Waals surface area contributed by atoms with Gasteiger partial charge in [-0.25, -0.2) is 9.50 Å². The lowest BCUT2D eigenvalue weighted by atomic mass is 10.5. The van der Waals surface area contributed by atoms with Crippen molar-refractivity contribution in [2.45, 2.75) is 18.6 Å². The van der Waals surface area contributed by atoms with E-state index < -0.39 is 0 Å². The molecule has 1 aliphatic carbocycles. The summed E-state index contributed by atoms with van der Waals surface area (Å²) in [7, 11) is 0. The molecule has 0 aromatic carbocycles. The van der Waals surface area contributed by atoms with Crippen molar-refractivity contribution >= 4 is 33.5 Å². The minimum Gasteiger partial charge on any atom is -0.218 e. The molecule has 2 aromatic heterocycles. The Morgan fingerprint density at radius 3 is 3.19 bits per heavy atom. The summed E-state index contributed by atoms with van der Waals surface area (Å²) >= 11 is 5.28. The standard InChI is InChI=1S/C10H11BrN4S/c11-8-3-12-10-13-9(14-15(10)4-8)6-16-5-7-1-2-7/h3-4,7H,1-2,5-6H2. The molecule has 4 nitrogen and oxygen atoms in total. The summed E-state index contributed by atoms with van der Waals surface area (Å²) in [5.74, 6) is 4.63. The topological polar surface area (TPSA) is 43.1 Å². The lowest BCUT2D eigenvalue weighted by molar-refractivity contribution is 0.905. The second kappa shape index (κ2) is 4.33. The van der Waals surface area contributed by atoms with Gasteiger partial charge in [-0.05, 0) is 40.4 Å². The van der Waals surface area contributed by atoms with E-state index in [2.05, 4.69) is 31.0 Å². The first-order valence-electron chi connectivity index (χ1n) is 5.26. The monoisotopic (exact) mass is 298 g/mol.